The number of aliphatic hydroxyl groups excluding tert-OH is 6. The number of aliphatic hydroxyl groups is 6. The van der Waals surface area contributed by atoms with Crippen LogP contribution in [-0.2, 0) is 18.9 Å². The van der Waals surface area contributed by atoms with Crippen molar-refractivity contribution in [2.45, 2.75) is 68.3 Å². The minimum absolute atomic E-state index is 0.210. The Morgan fingerprint density at radius 3 is 2.12 bits per heavy atom. The molecule has 2 aliphatic heterocycles. The predicted molar refractivity (Wildman–Crippen MR) is 103 cm³/mol. The van der Waals surface area contributed by atoms with E-state index < -0.39 is 74.0 Å². The highest BCUT2D eigenvalue weighted by Crippen LogP contribution is 2.30. The van der Waals surface area contributed by atoms with Gasteiger partial charge in [-0.05, 0) is 31.2 Å². The third-order valence-corrected chi connectivity index (χ3v) is 5.45. The highest BCUT2D eigenvalue weighted by Gasteiger charge is 2.50. The van der Waals surface area contributed by atoms with Crippen LogP contribution in [0.1, 0.15) is 17.3 Å². The van der Waals surface area contributed by atoms with Gasteiger partial charge in [-0.2, -0.15) is 0 Å². The smallest absolute Gasteiger partial charge is 0.337 e. The fourth-order valence-electron chi connectivity index (χ4n) is 3.52. The first-order valence-electron chi connectivity index (χ1n) is 10.0. The van der Waals surface area contributed by atoms with Crippen LogP contribution in [0.15, 0.2) is 24.3 Å². The van der Waals surface area contributed by atoms with Crippen LogP contribution in [-0.4, -0.2) is 112 Å². The molecule has 0 aliphatic carbocycles. The van der Waals surface area contributed by atoms with Gasteiger partial charge in [0, 0.05) is 0 Å². The molecule has 0 bridgehead atoms. The summed E-state index contributed by atoms with van der Waals surface area (Å²) >= 11 is 0. The van der Waals surface area contributed by atoms with Gasteiger partial charge in [0.05, 0.1) is 25.4 Å². The molecule has 1 aromatic carbocycles. The van der Waals surface area contributed by atoms with Gasteiger partial charge in [-0.25, -0.2) is 4.79 Å². The van der Waals surface area contributed by atoms with Crippen molar-refractivity contribution >= 4 is 5.97 Å². The Morgan fingerprint density at radius 2 is 1.53 bits per heavy atom. The summed E-state index contributed by atoms with van der Waals surface area (Å²) in [7, 11) is 1.24. The molecule has 12 nitrogen and oxygen atoms in total. The van der Waals surface area contributed by atoms with E-state index in [2.05, 4.69) is 4.74 Å². The van der Waals surface area contributed by atoms with Crippen LogP contribution in [0.3, 0.4) is 0 Å². The third kappa shape index (κ3) is 5.03. The summed E-state index contributed by atoms with van der Waals surface area (Å²) < 4.78 is 26.6. The van der Waals surface area contributed by atoms with Gasteiger partial charge in [0.2, 0.25) is 6.29 Å². The fraction of sp³-hybridized carbons (Fsp3) is 0.650. The number of rotatable bonds is 6. The maximum Gasteiger partial charge on any atom is 0.337 e. The lowest BCUT2D eigenvalue weighted by Gasteiger charge is -2.45. The Hall–Kier alpha value is -1.87. The highest BCUT2D eigenvalue weighted by atomic mass is 16.7. The van der Waals surface area contributed by atoms with Crippen LogP contribution < -0.4 is 4.74 Å². The van der Waals surface area contributed by atoms with Gasteiger partial charge in [0.15, 0.2) is 6.29 Å². The average Bonchev–Trinajstić information content (AvgIpc) is 2.80. The van der Waals surface area contributed by atoms with Crippen molar-refractivity contribution in [3.8, 4) is 5.75 Å². The van der Waals surface area contributed by atoms with Gasteiger partial charge in [-0.15, -0.1) is 0 Å². The van der Waals surface area contributed by atoms with Gasteiger partial charge in [0.25, 0.3) is 0 Å². The molecule has 180 valence electrons. The van der Waals surface area contributed by atoms with Crippen molar-refractivity contribution in [2.24, 2.45) is 0 Å². The van der Waals surface area contributed by atoms with E-state index in [-0.39, 0.29) is 11.3 Å². The van der Waals surface area contributed by atoms with E-state index in [0.717, 1.165) is 0 Å². The highest BCUT2D eigenvalue weighted by molar-refractivity contribution is 5.89. The second-order valence-electron chi connectivity index (χ2n) is 7.62. The Morgan fingerprint density at radius 1 is 0.906 bits per heavy atom. The molecule has 6 N–H and O–H groups in total. The molecule has 0 saturated carbocycles. The Labute approximate surface area is 183 Å². The molecule has 0 unspecified atom stereocenters. The van der Waals surface area contributed by atoms with Crippen LogP contribution >= 0.6 is 0 Å². The molecule has 32 heavy (non-hydrogen) atoms. The Kier molecular flexibility index (Phi) is 8.03. The maximum absolute atomic E-state index is 11.5. The van der Waals surface area contributed by atoms with Gasteiger partial charge in [-0.3, -0.25) is 0 Å². The van der Waals surface area contributed by atoms with E-state index in [0.29, 0.717) is 0 Å². The first-order chi connectivity index (χ1) is 15.2. The zero-order valence-corrected chi connectivity index (χ0v) is 17.4. The minimum Gasteiger partial charge on any atom is -0.465 e. The van der Waals surface area contributed by atoms with Gasteiger partial charge < -0.3 is 54.3 Å². The van der Waals surface area contributed by atoms with Crippen LogP contribution in [0, 0.1) is 0 Å². The zero-order valence-electron chi connectivity index (χ0n) is 17.4. The van der Waals surface area contributed by atoms with Crippen molar-refractivity contribution in [1.82, 2.24) is 0 Å². The summed E-state index contributed by atoms with van der Waals surface area (Å²) in [6.45, 7) is 0.816. The van der Waals surface area contributed by atoms with Crippen LogP contribution in [0.2, 0.25) is 0 Å². The summed E-state index contributed by atoms with van der Waals surface area (Å²) in [6, 6.07) is 5.74. The molecule has 10 atom stereocenters. The van der Waals surface area contributed by atoms with E-state index in [1.807, 2.05) is 0 Å². The van der Waals surface area contributed by atoms with Crippen molar-refractivity contribution < 1.29 is 59.1 Å². The van der Waals surface area contributed by atoms with Crippen LogP contribution in [0.5, 0.6) is 5.75 Å². The molecule has 12 heteroatoms. The van der Waals surface area contributed by atoms with Crippen molar-refractivity contribution in [1.29, 1.82) is 0 Å². The predicted octanol–water partition coefficient (Wildman–Crippen LogP) is -2.50. The Balaban J connectivity index is 1.68. The van der Waals surface area contributed by atoms with Crippen molar-refractivity contribution in [3.63, 3.8) is 0 Å². The first kappa shape index (κ1) is 24.8. The standard InChI is InChI=1S/C20H28O12/c1-8-12(22)13(23)15(25)19(29-8)32-17-11(7-21)31-20(16(26)14(17)24)30-10-5-3-9(4-6-10)18(27)28-2/h3-6,8,11-17,19-26H,7H2,1-2H3/t8-,11-,12+,13+,14-,15-,16-,17-,19+,20-/m1/s1. The maximum atomic E-state index is 11.5. The first-order valence-corrected chi connectivity index (χ1v) is 10.0. The summed E-state index contributed by atoms with van der Waals surface area (Å²) in [5.74, 6) is -0.331. The molecule has 0 radical (unpaired) electrons. The van der Waals surface area contributed by atoms with E-state index in [1.165, 1.54) is 38.3 Å². The zero-order chi connectivity index (χ0) is 23.6. The molecule has 2 saturated heterocycles. The second-order valence-corrected chi connectivity index (χ2v) is 7.62. The van der Waals surface area contributed by atoms with E-state index in [1.54, 1.807) is 0 Å². The SMILES string of the molecule is COC(=O)c1ccc(O[C@@H]2O[C@H](CO)[C@@H](O[C@@H]3O[C@H](C)[C@H](O)[C@H](O)[C@H]3O)[C@H](O)[C@H]2O)cc1. The summed E-state index contributed by atoms with van der Waals surface area (Å²) in [5, 5.41) is 60.6. The lowest BCUT2D eigenvalue weighted by atomic mass is 9.97. The number of esters is 1. The number of carbonyl (C=O) groups is 1. The molecule has 3 rings (SSSR count). The van der Waals surface area contributed by atoms with Crippen molar-refractivity contribution in [3.05, 3.63) is 29.8 Å². The number of hydrogen-bond acceptors (Lipinski definition) is 12. The lowest BCUT2D eigenvalue weighted by Crippen LogP contribution is -2.64. The molecule has 2 fully saturated rings. The number of methoxy groups -OCH3 is 1. The van der Waals surface area contributed by atoms with Gasteiger partial charge >= 0.3 is 5.97 Å². The number of benzene rings is 1. The second kappa shape index (κ2) is 10.4. The molecule has 0 aromatic heterocycles. The summed E-state index contributed by atoms with van der Waals surface area (Å²) in [5.41, 5.74) is 0.277. The van der Waals surface area contributed by atoms with E-state index >= 15 is 0 Å². The van der Waals surface area contributed by atoms with E-state index in [9.17, 15) is 35.4 Å². The largest absolute Gasteiger partial charge is 0.465 e. The topological polar surface area (TPSA) is 185 Å². The normalized spacial score (nSPS) is 40.0. The van der Waals surface area contributed by atoms with Gasteiger partial charge in [0.1, 0.15) is 48.5 Å². The lowest BCUT2D eigenvalue weighted by molar-refractivity contribution is -0.349. The molecular weight excluding hydrogens is 432 g/mol. The molecule has 1 aromatic rings. The van der Waals surface area contributed by atoms with Crippen LogP contribution in [0.4, 0.5) is 0 Å². The fourth-order valence-corrected chi connectivity index (χ4v) is 3.52. The number of hydrogen-bond donors (Lipinski definition) is 6. The molecule has 2 aliphatic rings. The van der Waals surface area contributed by atoms with E-state index in [4.69, 9.17) is 18.9 Å². The number of ether oxygens (including phenoxy) is 5. The molecule has 0 amide bonds. The molecule has 2 heterocycles. The number of carbonyl (C=O) groups excluding carboxylic acids is 1. The minimum atomic E-state index is -1.65. The quantitative estimate of drug-likeness (QED) is 0.246. The summed E-state index contributed by atoms with van der Waals surface area (Å²) in [6.07, 6.45) is -14.1. The molecule has 0 spiro atoms. The van der Waals surface area contributed by atoms with Crippen LogP contribution in [0.25, 0.3) is 0 Å². The van der Waals surface area contributed by atoms with Crippen molar-refractivity contribution in [2.75, 3.05) is 13.7 Å². The molecular formula is C20H28O12. The van der Waals surface area contributed by atoms with Gasteiger partial charge in [-0.1, -0.05) is 0 Å². The third-order valence-electron chi connectivity index (χ3n) is 5.45. The monoisotopic (exact) mass is 460 g/mol. The Bertz CT molecular complexity index is 755. The average molecular weight is 460 g/mol. The summed E-state index contributed by atoms with van der Waals surface area (Å²) in [4.78, 5) is 11.5.